The third-order valence-electron chi connectivity index (χ3n) is 2.46. The van der Waals surface area contributed by atoms with E-state index < -0.39 is 4.92 Å². The summed E-state index contributed by atoms with van der Waals surface area (Å²) < 4.78 is 0. The number of anilines is 1. The number of rotatable bonds is 3. The molecule has 0 bridgehead atoms. The van der Waals surface area contributed by atoms with Crippen molar-refractivity contribution < 1.29 is 4.92 Å². The van der Waals surface area contributed by atoms with Gasteiger partial charge in [0.2, 0.25) is 0 Å². The molecule has 0 spiro atoms. The van der Waals surface area contributed by atoms with Gasteiger partial charge in [0, 0.05) is 11.8 Å². The number of nitro groups is 1. The van der Waals surface area contributed by atoms with Gasteiger partial charge in [-0.1, -0.05) is 17.7 Å². The van der Waals surface area contributed by atoms with Gasteiger partial charge in [-0.05, 0) is 24.3 Å². The van der Waals surface area contributed by atoms with Crippen LogP contribution in [0.4, 0.5) is 11.4 Å². The van der Waals surface area contributed by atoms with Gasteiger partial charge < -0.3 is 5.32 Å². The molecule has 1 aromatic carbocycles. The van der Waals surface area contributed by atoms with Crippen LogP contribution in [-0.4, -0.2) is 22.5 Å². The molecule has 1 aliphatic rings. The molecule has 1 unspecified atom stereocenters. The molecule has 0 amide bonds. The fourth-order valence-corrected chi connectivity index (χ4v) is 3.08. The molecule has 1 aliphatic heterocycles. The Kier molecular flexibility index (Phi) is 3.56. The van der Waals surface area contributed by atoms with E-state index in [9.17, 15) is 10.1 Å². The number of hydrogen-bond donors (Lipinski definition) is 1. The van der Waals surface area contributed by atoms with E-state index in [4.69, 9.17) is 11.6 Å². The van der Waals surface area contributed by atoms with Gasteiger partial charge in [-0.2, -0.15) is 11.8 Å². The van der Waals surface area contributed by atoms with Crippen LogP contribution < -0.4 is 5.32 Å². The summed E-state index contributed by atoms with van der Waals surface area (Å²) in [7, 11) is 0. The molecule has 1 heterocycles. The molecule has 86 valence electrons. The molecule has 16 heavy (non-hydrogen) atoms. The maximum atomic E-state index is 10.9. The Morgan fingerprint density at radius 3 is 3.00 bits per heavy atom. The standard InChI is InChI=1S/C10H11ClN2O2S/c11-8-2-1-3-9(10(8)13(14)15)12-7-4-5-16-6-7/h1-3,7,12H,4-6H2. The van der Waals surface area contributed by atoms with Crippen LogP contribution in [0.3, 0.4) is 0 Å². The molecule has 6 heteroatoms. The first-order valence-electron chi connectivity index (χ1n) is 4.95. The van der Waals surface area contributed by atoms with E-state index >= 15 is 0 Å². The molecular weight excluding hydrogens is 248 g/mol. The van der Waals surface area contributed by atoms with E-state index in [-0.39, 0.29) is 10.7 Å². The number of benzene rings is 1. The minimum atomic E-state index is -0.438. The van der Waals surface area contributed by atoms with Gasteiger partial charge in [0.05, 0.1) is 4.92 Å². The Labute approximate surface area is 103 Å². The predicted octanol–water partition coefficient (Wildman–Crippen LogP) is 3.17. The molecule has 0 radical (unpaired) electrons. The molecule has 0 aliphatic carbocycles. The first-order valence-corrected chi connectivity index (χ1v) is 6.49. The maximum Gasteiger partial charge on any atom is 0.310 e. The fourth-order valence-electron chi connectivity index (χ4n) is 1.69. The number of halogens is 1. The molecule has 4 nitrogen and oxygen atoms in total. The summed E-state index contributed by atoms with van der Waals surface area (Å²) in [5.41, 5.74) is 0.492. The summed E-state index contributed by atoms with van der Waals surface area (Å²) >= 11 is 7.68. The normalized spacial score (nSPS) is 19.7. The van der Waals surface area contributed by atoms with Gasteiger partial charge >= 0.3 is 5.69 Å². The topological polar surface area (TPSA) is 55.2 Å². The predicted molar refractivity (Wildman–Crippen MR) is 67.5 cm³/mol. The third-order valence-corrected chi connectivity index (χ3v) is 3.93. The van der Waals surface area contributed by atoms with Crippen LogP contribution in [-0.2, 0) is 0 Å². The lowest BCUT2D eigenvalue weighted by atomic mass is 10.2. The molecule has 1 saturated heterocycles. The van der Waals surface area contributed by atoms with E-state index in [0.717, 1.165) is 17.9 Å². The molecule has 0 saturated carbocycles. The highest BCUT2D eigenvalue weighted by Crippen LogP contribution is 2.34. The highest BCUT2D eigenvalue weighted by atomic mass is 35.5. The average Bonchev–Trinajstić information content (AvgIpc) is 2.70. The lowest BCUT2D eigenvalue weighted by molar-refractivity contribution is -0.383. The van der Waals surface area contributed by atoms with E-state index in [1.165, 1.54) is 6.07 Å². The van der Waals surface area contributed by atoms with Crippen molar-refractivity contribution in [2.24, 2.45) is 0 Å². The third kappa shape index (κ3) is 2.41. The van der Waals surface area contributed by atoms with Crippen molar-refractivity contribution in [3.8, 4) is 0 Å². The summed E-state index contributed by atoms with van der Waals surface area (Å²) in [6.45, 7) is 0. The molecule has 2 rings (SSSR count). The van der Waals surface area contributed by atoms with E-state index in [1.54, 1.807) is 12.1 Å². The molecule has 1 aromatic rings. The van der Waals surface area contributed by atoms with Gasteiger partial charge in [0.25, 0.3) is 0 Å². The number of nitrogens with zero attached hydrogens (tertiary/aromatic N) is 1. The first kappa shape index (κ1) is 11.5. The summed E-state index contributed by atoms with van der Waals surface area (Å²) in [6.07, 6.45) is 1.04. The van der Waals surface area contributed by atoms with Crippen LogP contribution in [0.1, 0.15) is 6.42 Å². The van der Waals surface area contributed by atoms with E-state index in [0.29, 0.717) is 11.7 Å². The maximum absolute atomic E-state index is 10.9. The van der Waals surface area contributed by atoms with Gasteiger partial charge in [0.15, 0.2) is 0 Å². The largest absolute Gasteiger partial charge is 0.376 e. The van der Waals surface area contributed by atoms with Crippen molar-refractivity contribution in [2.45, 2.75) is 12.5 Å². The second kappa shape index (κ2) is 4.93. The van der Waals surface area contributed by atoms with Crippen molar-refractivity contribution in [3.05, 3.63) is 33.3 Å². The van der Waals surface area contributed by atoms with Crippen LogP contribution in [0.2, 0.25) is 5.02 Å². The Bertz CT molecular complexity index is 408. The number of hydrogen-bond acceptors (Lipinski definition) is 4. The summed E-state index contributed by atoms with van der Waals surface area (Å²) in [6, 6.07) is 5.27. The second-order valence-electron chi connectivity index (χ2n) is 3.60. The zero-order valence-electron chi connectivity index (χ0n) is 8.48. The number of para-hydroxylation sites is 1. The Morgan fingerprint density at radius 2 is 2.38 bits per heavy atom. The molecule has 1 N–H and O–H groups in total. The van der Waals surface area contributed by atoms with Gasteiger partial charge in [-0.3, -0.25) is 10.1 Å². The smallest absolute Gasteiger partial charge is 0.310 e. The van der Waals surface area contributed by atoms with Crippen molar-refractivity contribution in [1.82, 2.24) is 0 Å². The Balaban J connectivity index is 2.25. The monoisotopic (exact) mass is 258 g/mol. The lowest BCUT2D eigenvalue weighted by Gasteiger charge is -2.13. The quantitative estimate of drug-likeness (QED) is 0.668. The summed E-state index contributed by atoms with van der Waals surface area (Å²) in [5.74, 6) is 2.09. The molecular formula is C10H11ClN2O2S. The molecule has 1 fully saturated rings. The van der Waals surface area contributed by atoms with Crippen LogP contribution >= 0.6 is 23.4 Å². The summed E-state index contributed by atoms with van der Waals surface area (Å²) in [4.78, 5) is 10.5. The summed E-state index contributed by atoms with van der Waals surface area (Å²) in [5, 5.41) is 14.3. The first-order chi connectivity index (χ1) is 7.68. The lowest BCUT2D eigenvalue weighted by Crippen LogP contribution is -2.18. The van der Waals surface area contributed by atoms with Crippen LogP contribution in [0.5, 0.6) is 0 Å². The minimum absolute atomic E-state index is 0.0268. The minimum Gasteiger partial charge on any atom is -0.376 e. The number of nitrogens with one attached hydrogen (secondary N) is 1. The van der Waals surface area contributed by atoms with Crippen LogP contribution in [0, 0.1) is 10.1 Å². The van der Waals surface area contributed by atoms with Crippen LogP contribution in [0.25, 0.3) is 0 Å². The Morgan fingerprint density at radius 1 is 1.56 bits per heavy atom. The highest BCUT2D eigenvalue weighted by molar-refractivity contribution is 7.99. The van der Waals surface area contributed by atoms with Crippen molar-refractivity contribution >= 4 is 34.7 Å². The zero-order valence-corrected chi connectivity index (χ0v) is 10.1. The number of thioether (sulfide) groups is 1. The van der Waals surface area contributed by atoms with Gasteiger partial charge in [0.1, 0.15) is 10.7 Å². The van der Waals surface area contributed by atoms with E-state index in [1.807, 2.05) is 11.8 Å². The number of nitro benzene ring substituents is 1. The van der Waals surface area contributed by atoms with Crippen LogP contribution in [0.15, 0.2) is 18.2 Å². The highest BCUT2D eigenvalue weighted by Gasteiger charge is 2.22. The van der Waals surface area contributed by atoms with Crippen molar-refractivity contribution in [2.75, 3.05) is 16.8 Å². The van der Waals surface area contributed by atoms with Crippen molar-refractivity contribution in [3.63, 3.8) is 0 Å². The van der Waals surface area contributed by atoms with E-state index in [2.05, 4.69) is 5.32 Å². The fraction of sp³-hybridized carbons (Fsp3) is 0.400. The Hall–Kier alpha value is -0.940. The molecule has 0 aromatic heterocycles. The second-order valence-corrected chi connectivity index (χ2v) is 5.15. The SMILES string of the molecule is O=[N+]([O-])c1c(Cl)cccc1NC1CCSC1. The average molecular weight is 259 g/mol. The zero-order chi connectivity index (χ0) is 11.5. The van der Waals surface area contributed by atoms with Crippen molar-refractivity contribution in [1.29, 1.82) is 0 Å². The van der Waals surface area contributed by atoms with Gasteiger partial charge in [-0.25, -0.2) is 0 Å². The van der Waals surface area contributed by atoms with Gasteiger partial charge in [-0.15, -0.1) is 0 Å². The molecule has 1 atom stereocenters.